The number of rotatable bonds is 0. The molecule has 2 heterocycles. The predicted molar refractivity (Wildman–Crippen MR) is 43.4 cm³/mol. The Morgan fingerprint density at radius 2 is 2.27 bits per heavy atom. The second-order valence-electron chi connectivity index (χ2n) is 2.79. The molecule has 1 N–H and O–H groups in total. The van der Waals surface area contributed by atoms with Gasteiger partial charge in [0.05, 0.1) is 0 Å². The fourth-order valence-corrected chi connectivity index (χ4v) is 1.42. The van der Waals surface area contributed by atoms with E-state index in [1.54, 1.807) is 6.20 Å². The van der Waals surface area contributed by atoms with Crippen molar-refractivity contribution < 1.29 is 0 Å². The van der Waals surface area contributed by atoms with Crippen molar-refractivity contribution in [3.05, 3.63) is 29.6 Å². The second kappa shape index (κ2) is 3.01. The van der Waals surface area contributed by atoms with E-state index in [0.29, 0.717) is 0 Å². The molecule has 1 aromatic rings. The normalized spacial score (nSPS) is 17.1. The third kappa shape index (κ3) is 1.40. The zero-order chi connectivity index (χ0) is 7.52. The van der Waals surface area contributed by atoms with Crippen LogP contribution in [-0.2, 0) is 12.8 Å². The maximum atomic E-state index is 4.28. The smallest absolute Gasteiger partial charge is 0.0449 e. The van der Waals surface area contributed by atoms with E-state index in [1.165, 1.54) is 11.3 Å². The van der Waals surface area contributed by atoms with E-state index in [2.05, 4.69) is 22.4 Å². The van der Waals surface area contributed by atoms with E-state index in [9.17, 15) is 0 Å². The largest absolute Gasteiger partial charge is 0.316 e. The Morgan fingerprint density at radius 3 is 3.27 bits per heavy atom. The SMILES string of the molecule is [c]1cnc2c(c1)CCNCC2. The molecule has 57 valence electrons. The standard InChI is InChI=1S/C9H11N2/c1-2-8-3-6-10-7-4-9(8)11-5-1/h2,5,10H,3-4,6-7H2. The van der Waals surface area contributed by atoms with Gasteiger partial charge in [-0.05, 0) is 24.6 Å². The molecule has 0 aliphatic carbocycles. The van der Waals surface area contributed by atoms with Gasteiger partial charge in [-0.25, -0.2) is 0 Å². The molecule has 0 aromatic carbocycles. The van der Waals surface area contributed by atoms with Crippen molar-refractivity contribution in [1.82, 2.24) is 10.3 Å². The summed E-state index contributed by atoms with van der Waals surface area (Å²) in [5.74, 6) is 0. The van der Waals surface area contributed by atoms with E-state index in [-0.39, 0.29) is 0 Å². The van der Waals surface area contributed by atoms with Crippen molar-refractivity contribution >= 4 is 0 Å². The van der Waals surface area contributed by atoms with Crippen LogP contribution in [-0.4, -0.2) is 18.1 Å². The number of fused-ring (bicyclic) bond motifs is 1. The Labute approximate surface area is 66.7 Å². The molecule has 1 radical (unpaired) electrons. The molecular weight excluding hydrogens is 136 g/mol. The molecule has 11 heavy (non-hydrogen) atoms. The molecule has 1 aliphatic rings. The summed E-state index contributed by atoms with van der Waals surface area (Å²) in [6, 6.07) is 5.06. The highest BCUT2D eigenvalue weighted by Crippen LogP contribution is 2.07. The van der Waals surface area contributed by atoms with E-state index < -0.39 is 0 Å². The minimum atomic E-state index is 1.06. The third-order valence-corrected chi connectivity index (χ3v) is 2.03. The van der Waals surface area contributed by atoms with Crippen molar-refractivity contribution in [3.8, 4) is 0 Å². The molecular formula is C9H11N2. The van der Waals surface area contributed by atoms with E-state index in [1.807, 2.05) is 0 Å². The van der Waals surface area contributed by atoms with Gasteiger partial charge in [0.1, 0.15) is 0 Å². The van der Waals surface area contributed by atoms with E-state index >= 15 is 0 Å². The summed E-state index contributed by atoms with van der Waals surface area (Å²) in [4.78, 5) is 4.28. The predicted octanol–water partition coefficient (Wildman–Crippen LogP) is 0.570. The van der Waals surface area contributed by atoms with Crippen LogP contribution in [0.25, 0.3) is 0 Å². The summed E-state index contributed by atoms with van der Waals surface area (Å²) in [7, 11) is 0. The molecule has 0 saturated carbocycles. The first kappa shape index (κ1) is 6.80. The topological polar surface area (TPSA) is 24.9 Å². The van der Waals surface area contributed by atoms with Crippen molar-refractivity contribution in [1.29, 1.82) is 0 Å². The molecule has 2 nitrogen and oxygen atoms in total. The minimum Gasteiger partial charge on any atom is -0.316 e. The highest BCUT2D eigenvalue weighted by molar-refractivity contribution is 5.20. The van der Waals surface area contributed by atoms with Gasteiger partial charge in [0.25, 0.3) is 0 Å². The molecule has 0 unspecified atom stereocenters. The molecule has 0 saturated heterocycles. The Balaban J connectivity index is 2.33. The monoisotopic (exact) mass is 147 g/mol. The molecule has 0 bridgehead atoms. The van der Waals surface area contributed by atoms with Gasteiger partial charge < -0.3 is 5.32 Å². The van der Waals surface area contributed by atoms with Crippen LogP contribution in [0.4, 0.5) is 0 Å². The average Bonchev–Trinajstić information content (AvgIpc) is 2.28. The van der Waals surface area contributed by atoms with Crippen molar-refractivity contribution in [2.75, 3.05) is 13.1 Å². The Hall–Kier alpha value is -0.890. The van der Waals surface area contributed by atoms with Gasteiger partial charge in [-0.3, -0.25) is 4.98 Å². The molecule has 0 spiro atoms. The van der Waals surface area contributed by atoms with Crippen LogP contribution >= 0.6 is 0 Å². The number of nitrogens with zero attached hydrogens (tertiary/aromatic N) is 1. The summed E-state index contributed by atoms with van der Waals surface area (Å²) >= 11 is 0. The number of hydrogen-bond acceptors (Lipinski definition) is 2. The van der Waals surface area contributed by atoms with Crippen LogP contribution in [0.2, 0.25) is 0 Å². The maximum Gasteiger partial charge on any atom is 0.0449 e. The fourth-order valence-electron chi connectivity index (χ4n) is 1.42. The summed E-state index contributed by atoms with van der Waals surface area (Å²) in [6.07, 6.45) is 3.91. The highest BCUT2D eigenvalue weighted by Gasteiger charge is 2.06. The van der Waals surface area contributed by atoms with Crippen LogP contribution in [0, 0.1) is 6.07 Å². The molecule has 2 heteroatoms. The van der Waals surface area contributed by atoms with Crippen LogP contribution in [0.1, 0.15) is 11.3 Å². The molecule has 2 rings (SSSR count). The third-order valence-electron chi connectivity index (χ3n) is 2.03. The van der Waals surface area contributed by atoms with Crippen molar-refractivity contribution in [3.63, 3.8) is 0 Å². The number of pyridine rings is 1. The van der Waals surface area contributed by atoms with Crippen LogP contribution in [0.3, 0.4) is 0 Å². The van der Waals surface area contributed by atoms with Gasteiger partial charge in [0.2, 0.25) is 0 Å². The fraction of sp³-hybridized carbons (Fsp3) is 0.444. The molecule has 0 amide bonds. The van der Waals surface area contributed by atoms with E-state index in [0.717, 1.165) is 25.9 Å². The lowest BCUT2D eigenvalue weighted by atomic mass is 10.1. The number of aromatic nitrogens is 1. The second-order valence-corrected chi connectivity index (χ2v) is 2.79. The average molecular weight is 147 g/mol. The summed E-state index contributed by atoms with van der Waals surface area (Å²) < 4.78 is 0. The van der Waals surface area contributed by atoms with Crippen LogP contribution < -0.4 is 5.32 Å². The maximum absolute atomic E-state index is 4.28. The van der Waals surface area contributed by atoms with Crippen molar-refractivity contribution in [2.24, 2.45) is 0 Å². The first-order chi connectivity index (χ1) is 5.47. The molecule has 1 aliphatic heterocycles. The van der Waals surface area contributed by atoms with Gasteiger partial charge in [-0.1, -0.05) is 0 Å². The lowest BCUT2D eigenvalue weighted by Gasteiger charge is -2.00. The zero-order valence-electron chi connectivity index (χ0n) is 6.43. The zero-order valence-corrected chi connectivity index (χ0v) is 6.43. The first-order valence-corrected chi connectivity index (χ1v) is 4.01. The summed E-state index contributed by atoms with van der Waals surface area (Å²) in [5, 5.41) is 3.34. The van der Waals surface area contributed by atoms with Crippen molar-refractivity contribution in [2.45, 2.75) is 12.8 Å². The lowest BCUT2D eigenvalue weighted by molar-refractivity contribution is 0.708. The van der Waals surface area contributed by atoms with Crippen LogP contribution in [0.5, 0.6) is 0 Å². The highest BCUT2D eigenvalue weighted by atomic mass is 14.9. The quantitative estimate of drug-likeness (QED) is 0.580. The minimum absolute atomic E-state index is 1.06. The molecule has 0 fully saturated rings. The lowest BCUT2D eigenvalue weighted by Crippen LogP contribution is -2.16. The number of nitrogens with one attached hydrogen (secondary N) is 1. The van der Waals surface area contributed by atoms with Gasteiger partial charge in [-0.15, -0.1) is 0 Å². The van der Waals surface area contributed by atoms with Crippen LogP contribution in [0.15, 0.2) is 12.3 Å². The Bertz CT molecular complexity index is 220. The Morgan fingerprint density at radius 1 is 1.36 bits per heavy atom. The summed E-state index contributed by atoms with van der Waals surface area (Å²) in [6.45, 7) is 2.14. The van der Waals surface area contributed by atoms with Gasteiger partial charge in [0, 0.05) is 30.9 Å². The summed E-state index contributed by atoms with van der Waals surface area (Å²) in [5.41, 5.74) is 2.60. The van der Waals surface area contributed by atoms with Gasteiger partial charge in [0.15, 0.2) is 0 Å². The molecule has 1 aromatic heterocycles. The van der Waals surface area contributed by atoms with Gasteiger partial charge >= 0.3 is 0 Å². The Kier molecular flexibility index (Phi) is 1.86. The molecule has 0 atom stereocenters. The van der Waals surface area contributed by atoms with E-state index in [4.69, 9.17) is 0 Å². The van der Waals surface area contributed by atoms with Gasteiger partial charge in [-0.2, -0.15) is 0 Å². The first-order valence-electron chi connectivity index (χ1n) is 4.01. The number of hydrogen-bond donors (Lipinski definition) is 1.